The first-order valence-electron chi connectivity index (χ1n) is 10.6. The van der Waals surface area contributed by atoms with Crippen molar-refractivity contribution in [3.63, 3.8) is 0 Å². The van der Waals surface area contributed by atoms with E-state index in [4.69, 9.17) is 19.7 Å². The normalized spacial score (nSPS) is 13.0. The maximum atomic E-state index is 12.9. The third-order valence-electron chi connectivity index (χ3n) is 4.86. The molecule has 0 aromatic heterocycles. The molecule has 3 rings (SSSR count). The monoisotopic (exact) mass is 478 g/mol. The number of ether oxygens (including phenoxy) is 3. The standard InChI is InChI=1S/C24H22N4O7/c25-27-26-11-13-33-14-12-28-21(29)19(23(31)34-15-17-7-3-1-4-8-17)20(22(28)30)24(32)35-16-18-9-5-2-6-10-18/h1-10H,11-16H2. The highest BCUT2D eigenvalue weighted by Gasteiger charge is 2.46. The summed E-state index contributed by atoms with van der Waals surface area (Å²) < 4.78 is 15.7. The molecule has 0 saturated heterocycles. The van der Waals surface area contributed by atoms with Crippen molar-refractivity contribution < 1.29 is 33.4 Å². The van der Waals surface area contributed by atoms with E-state index >= 15 is 0 Å². The van der Waals surface area contributed by atoms with Crippen LogP contribution in [0.5, 0.6) is 0 Å². The summed E-state index contributed by atoms with van der Waals surface area (Å²) in [6.07, 6.45) is 0. The van der Waals surface area contributed by atoms with E-state index in [1.54, 1.807) is 60.7 Å². The molecule has 0 saturated carbocycles. The Kier molecular flexibility index (Phi) is 9.12. The smallest absolute Gasteiger partial charge is 0.345 e. The molecule has 0 atom stereocenters. The van der Waals surface area contributed by atoms with E-state index in [1.165, 1.54) is 0 Å². The molecule has 1 heterocycles. The predicted octanol–water partition coefficient (Wildman–Crippen LogP) is 2.47. The van der Waals surface area contributed by atoms with E-state index in [0.29, 0.717) is 11.1 Å². The van der Waals surface area contributed by atoms with Crippen molar-refractivity contribution in [3.05, 3.63) is 93.4 Å². The number of rotatable bonds is 12. The summed E-state index contributed by atoms with van der Waals surface area (Å²) in [7, 11) is 0. The van der Waals surface area contributed by atoms with Crippen LogP contribution in [-0.2, 0) is 46.6 Å². The van der Waals surface area contributed by atoms with Crippen LogP contribution >= 0.6 is 0 Å². The molecule has 0 unspecified atom stereocenters. The van der Waals surface area contributed by atoms with Crippen molar-refractivity contribution in [1.29, 1.82) is 0 Å². The topological polar surface area (TPSA) is 148 Å². The second-order valence-corrected chi connectivity index (χ2v) is 7.20. The number of nitrogens with zero attached hydrogens (tertiary/aromatic N) is 4. The predicted molar refractivity (Wildman–Crippen MR) is 121 cm³/mol. The molecule has 1 aliphatic heterocycles. The average molecular weight is 478 g/mol. The molecule has 180 valence electrons. The van der Waals surface area contributed by atoms with Crippen LogP contribution in [0.1, 0.15) is 11.1 Å². The van der Waals surface area contributed by atoms with Gasteiger partial charge < -0.3 is 14.2 Å². The van der Waals surface area contributed by atoms with Gasteiger partial charge in [-0.2, -0.15) is 0 Å². The van der Waals surface area contributed by atoms with Gasteiger partial charge in [-0.05, 0) is 16.7 Å². The van der Waals surface area contributed by atoms with Gasteiger partial charge >= 0.3 is 11.9 Å². The molecule has 11 heteroatoms. The Labute approximate surface area is 200 Å². The number of amides is 2. The van der Waals surface area contributed by atoms with Crippen LogP contribution in [-0.4, -0.2) is 55.0 Å². The molecule has 0 bridgehead atoms. The Morgan fingerprint density at radius 2 is 1.29 bits per heavy atom. The Morgan fingerprint density at radius 3 is 1.74 bits per heavy atom. The summed E-state index contributed by atoms with van der Waals surface area (Å²) in [5.41, 5.74) is 8.23. The number of carbonyl (C=O) groups is 4. The minimum Gasteiger partial charge on any atom is -0.457 e. The van der Waals surface area contributed by atoms with Crippen LogP contribution in [0.25, 0.3) is 10.4 Å². The Morgan fingerprint density at radius 1 is 0.800 bits per heavy atom. The summed E-state index contributed by atoms with van der Waals surface area (Å²) in [6, 6.07) is 17.5. The van der Waals surface area contributed by atoms with E-state index in [-0.39, 0.29) is 39.5 Å². The van der Waals surface area contributed by atoms with Gasteiger partial charge in [0.2, 0.25) is 0 Å². The molecule has 2 aromatic carbocycles. The number of carbonyl (C=O) groups excluding carboxylic acids is 4. The molecule has 35 heavy (non-hydrogen) atoms. The largest absolute Gasteiger partial charge is 0.457 e. The van der Waals surface area contributed by atoms with Crippen LogP contribution in [0.4, 0.5) is 0 Å². The van der Waals surface area contributed by atoms with Crippen molar-refractivity contribution in [3.8, 4) is 0 Å². The van der Waals surface area contributed by atoms with Crippen molar-refractivity contribution in [1.82, 2.24) is 4.90 Å². The van der Waals surface area contributed by atoms with E-state index in [1.807, 2.05) is 0 Å². The molecule has 0 radical (unpaired) electrons. The first-order valence-corrected chi connectivity index (χ1v) is 10.6. The fourth-order valence-corrected chi connectivity index (χ4v) is 3.16. The molecule has 11 nitrogen and oxygen atoms in total. The minimum atomic E-state index is -1.11. The molecular formula is C24H22N4O7. The highest BCUT2D eigenvalue weighted by Crippen LogP contribution is 2.24. The molecule has 2 aromatic rings. The van der Waals surface area contributed by atoms with Gasteiger partial charge in [0, 0.05) is 11.5 Å². The lowest BCUT2D eigenvalue weighted by atomic mass is 10.1. The number of esters is 2. The van der Waals surface area contributed by atoms with Gasteiger partial charge in [-0.15, -0.1) is 0 Å². The maximum absolute atomic E-state index is 12.9. The number of hydrogen-bond donors (Lipinski definition) is 0. The van der Waals surface area contributed by atoms with Gasteiger partial charge in [-0.1, -0.05) is 65.8 Å². The van der Waals surface area contributed by atoms with Gasteiger partial charge in [0.25, 0.3) is 11.8 Å². The van der Waals surface area contributed by atoms with Crippen molar-refractivity contribution in [2.75, 3.05) is 26.3 Å². The Hall–Kier alpha value is -4.47. The quantitative estimate of drug-likeness (QED) is 0.0865. The highest BCUT2D eigenvalue weighted by molar-refractivity contribution is 6.38. The van der Waals surface area contributed by atoms with Crippen LogP contribution < -0.4 is 0 Å². The van der Waals surface area contributed by atoms with E-state index in [9.17, 15) is 19.2 Å². The van der Waals surface area contributed by atoms with Crippen molar-refractivity contribution >= 4 is 23.8 Å². The van der Waals surface area contributed by atoms with Gasteiger partial charge in [0.15, 0.2) is 0 Å². The minimum absolute atomic E-state index is 0.0742. The zero-order valence-corrected chi connectivity index (χ0v) is 18.7. The highest BCUT2D eigenvalue weighted by atomic mass is 16.5. The van der Waals surface area contributed by atoms with Gasteiger partial charge in [0.1, 0.15) is 24.4 Å². The number of azide groups is 1. The van der Waals surface area contributed by atoms with Gasteiger partial charge in [0.05, 0.1) is 19.8 Å². The van der Waals surface area contributed by atoms with Crippen LogP contribution in [0.15, 0.2) is 76.9 Å². The molecular weight excluding hydrogens is 456 g/mol. The molecule has 0 N–H and O–H groups in total. The maximum Gasteiger partial charge on any atom is 0.345 e. The molecule has 2 amide bonds. The van der Waals surface area contributed by atoms with Crippen molar-refractivity contribution in [2.45, 2.75) is 13.2 Å². The summed E-state index contributed by atoms with van der Waals surface area (Å²) in [5.74, 6) is -4.16. The molecule has 0 fully saturated rings. The molecule has 0 spiro atoms. The third-order valence-corrected chi connectivity index (χ3v) is 4.86. The van der Waals surface area contributed by atoms with Crippen LogP contribution in [0, 0.1) is 0 Å². The third kappa shape index (κ3) is 6.76. The van der Waals surface area contributed by atoms with E-state index < -0.39 is 34.9 Å². The van der Waals surface area contributed by atoms with E-state index in [0.717, 1.165) is 4.90 Å². The lowest BCUT2D eigenvalue weighted by Gasteiger charge is -2.14. The van der Waals surface area contributed by atoms with Crippen molar-refractivity contribution in [2.24, 2.45) is 5.11 Å². The second kappa shape index (κ2) is 12.7. The fourth-order valence-electron chi connectivity index (χ4n) is 3.16. The summed E-state index contributed by atoms with van der Waals surface area (Å²) in [6.45, 7) is -0.467. The number of hydrogen-bond acceptors (Lipinski definition) is 8. The Bertz CT molecular complexity index is 1080. The van der Waals surface area contributed by atoms with Gasteiger partial charge in [-0.25, -0.2) is 9.59 Å². The molecule has 1 aliphatic rings. The first-order chi connectivity index (χ1) is 17.0. The Balaban J connectivity index is 1.74. The van der Waals surface area contributed by atoms with Crippen LogP contribution in [0.3, 0.4) is 0 Å². The zero-order valence-electron chi connectivity index (χ0n) is 18.7. The lowest BCUT2D eigenvalue weighted by Crippen LogP contribution is -2.36. The number of imide groups is 1. The summed E-state index contributed by atoms with van der Waals surface area (Å²) in [4.78, 5) is 54.8. The number of benzene rings is 2. The summed E-state index contributed by atoms with van der Waals surface area (Å²) >= 11 is 0. The fraction of sp³-hybridized carbons (Fsp3) is 0.250. The summed E-state index contributed by atoms with van der Waals surface area (Å²) in [5, 5.41) is 3.31. The molecule has 0 aliphatic carbocycles. The average Bonchev–Trinajstić information content (AvgIpc) is 3.14. The first kappa shape index (κ1) is 25.2. The SMILES string of the molecule is [N-]=[N+]=NCCOCCN1C(=O)C(C(=O)OCc2ccccc2)=C(C(=O)OCc2ccccc2)C1=O. The van der Waals surface area contributed by atoms with Gasteiger partial charge in [-0.3, -0.25) is 14.5 Å². The van der Waals surface area contributed by atoms with E-state index in [2.05, 4.69) is 10.0 Å². The lowest BCUT2D eigenvalue weighted by molar-refractivity contribution is -0.144. The zero-order chi connectivity index (χ0) is 25.0. The second-order valence-electron chi connectivity index (χ2n) is 7.20. The van der Waals surface area contributed by atoms with Crippen LogP contribution in [0.2, 0.25) is 0 Å².